The van der Waals surface area contributed by atoms with Crippen LogP contribution in [0.4, 0.5) is 0 Å². The SMILES string of the molecule is CCNC(=NCc1cc(OC)c(O)c(OC)c1)NCCCn1ccc2ccccc21.I. The van der Waals surface area contributed by atoms with Crippen LogP contribution in [0.2, 0.25) is 0 Å². The van der Waals surface area contributed by atoms with Crippen LogP contribution in [-0.2, 0) is 13.1 Å². The molecule has 7 nitrogen and oxygen atoms in total. The molecule has 0 radical (unpaired) electrons. The number of rotatable bonds is 9. The number of phenols is 1. The molecule has 168 valence electrons. The minimum Gasteiger partial charge on any atom is -0.502 e. The molecule has 1 heterocycles. The number of aromatic nitrogens is 1. The smallest absolute Gasteiger partial charge is 0.200 e. The summed E-state index contributed by atoms with van der Waals surface area (Å²) in [6.07, 6.45) is 3.11. The highest BCUT2D eigenvalue weighted by atomic mass is 127. The summed E-state index contributed by atoms with van der Waals surface area (Å²) in [6, 6.07) is 14.1. The molecule has 0 saturated heterocycles. The number of benzene rings is 2. The number of guanidine groups is 1. The number of hydrogen-bond donors (Lipinski definition) is 3. The molecule has 0 saturated carbocycles. The maximum Gasteiger partial charge on any atom is 0.200 e. The number of phenolic OH excluding ortho intramolecular Hbond substituents is 1. The van der Waals surface area contributed by atoms with Crippen molar-refractivity contribution in [3.05, 3.63) is 54.2 Å². The Bertz CT molecular complexity index is 978. The molecule has 1 aromatic heterocycles. The molecule has 0 unspecified atom stereocenters. The van der Waals surface area contributed by atoms with Gasteiger partial charge in [-0.15, -0.1) is 24.0 Å². The Balaban J connectivity index is 0.00000341. The van der Waals surface area contributed by atoms with Gasteiger partial charge in [-0.2, -0.15) is 0 Å². The molecule has 2 aromatic carbocycles. The summed E-state index contributed by atoms with van der Waals surface area (Å²) in [4.78, 5) is 4.64. The second-order valence-electron chi connectivity index (χ2n) is 6.89. The molecule has 3 N–H and O–H groups in total. The monoisotopic (exact) mass is 538 g/mol. The van der Waals surface area contributed by atoms with Gasteiger partial charge in [0.2, 0.25) is 5.75 Å². The number of aryl methyl sites for hydroxylation is 1. The standard InChI is InChI=1S/C23H30N4O3.HI/c1-4-24-23(26-16-17-14-20(29-2)22(28)21(15-17)30-3)25-11-7-12-27-13-10-18-8-5-6-9-19(18)27;/h5-6,8-10,13-15,28H,4,7,11-12,16H2,1-3H3,(H2,24,25,26);1H. The molecular weight excluding hydrogens is 507 g/mol. The number of aromatic hydroxyl groups is 1. The lowest BCUT2D eigenvalue weighted by atomic mass is 10.2. The predicted molar refractivity (Wildman–Crippen MR) is 136 cm³/mol. The first kappa shape index (κ1) is 24.6. The fourth-order valence-corrected chi connectivity index (χ4v) is 3.34. The molecule has 0 spiro atoms. The van der Waals surface area contributed by atoms with Crippen molar-refractivity contribution < 1.29 is 14.6 Å². The quantitative estimate of drug-likeness (QED) is 0.165. The van der Waals surface area contributed by atoms with Gasteiger partial charge in [-0.05, 0) is 48.6 Å². The number of nitrogens with zero attached hydrogens (tertiary/aromatic N) is 2. The van der Waals surface area contributed by atoms with Crippen LogP contribution in [0.5, 0.6) is 17.2 Å². The number of para-hydroxylation sites is 1. The third-order valence-electron chi connectivity index (χ3n) is 4.85. The molecule has 8 heteroatoms. The van der Waals surface area contributed by atoms with E-state index in [1.54, 1.807) is 12.1 Å². The van der Waals surface area contributed by atoms with Crippen molar-refractivity contribution in [3.8, 4) is 17.2 Å². The highest BCUT2D eigenvalue weighted by molar-refractivity contribution is 14.0. The Hall–Kier alpha value is -2.62. The highest BCUT2D eigenvalue weighted by Gasteiger charge is 2.11. The van der Waals surface area contributed by atoms with Gasteiger partial charge < -0.3 is 29.8 Å². The van der Waals surface area contributed by atoms with E-state index in [9.17, 15) is 5.11 Å². The van der Waals surface area contributed by atoms with Crippen molar-refractivity contribution in [2.75, 3.05) is 27.3 Å². The van der Waals surface area contributed by atoms with E-state index in [-0.39, 0.29) is 29.7 Å². The van der Waals surface area contributed by atoms with Crippen molar-refractivity contribution >= 4 is 40.8 Å². The summed E-state index contributed by atoms with van der Waals surface area (Å²) in [5, 5.41) is 18.0. The summed E-state index contributed by atoms with van der Waals surface area (Å²) in [5.41, 5.74) is 2.14. The van der Waals surface area contributed by atoms with Crippen LogP contribution in [0.25, 0.3) is 10.9 Å². The van der Waals surface area contributed by atoms with Crippen molar-refractivity contribution in [1.82, 2.24) is 15.2 Å². The molecular formula is C23H31IN4O3. The van der Waals surface area contributed by atoms with Gasteiger partial charge >= 0.3 is 0 Å². The molecule has 3 rings (SSSR count). The van der Waals surface area contributed by atoms with Crippen LogP contribution < -0.4 is 20.1 Å². The summed E-state index contributed by atoms with van der Waals surface area (Å²) in [6.45, 7) is 4.99. The van der Waals surface area contributed by atoms with Crippen LogP contribution in [-0.4, -0.2) is 42.9 Å². The van der Waals surface area contributed by atoms with E-state index in [4.69, 9.17) is 9.47 Å². The molecule has 31 heavy (non-hydrogen) atoms. The van der Waals surface area contributed by atoms with E-state index >= 15 is 0 Å². The van der Waals surface area contributed by atoms with Crippen LogP contribution in [0.1, 0.15) is 18.9 Å². The molecule has 0 bridgehead atoms. The third kappa shape index (κ3) is 6.43. The van der Waals surface area contributed by atoms with Crippen LogP contribution >= 0.6 is 24.0 Å². The largest absolute Gasteiger partial charge is 0.502 e. The third-order valence-corrected chi connectivity index (χ3v) is 4.85. The summed E-state index contributed by atoms with van der Waals surface area (Å²) < 4.78 is 12.7. The Morgan fingerprint density at radius 1 is 1.06 bits per heavy atom. The van der Waals surface area contributed by atoms with Gasteiger partial charge in [0.05, 0.1) is 20.8 Å². The predicted octanol–water partition coefficient (Wildman–Crippen LogP) is 4.13. The van der Waals surface area contributed by atoms with Crippen LogP contribution in [0, 0.1) is 0 Å². The zero-order valence-corrected chi connectivity index (χ0v) is 20.6. The second-order valence-corrected chi connectivity index (χ2v) is 6.89. The molecule has 0 atom stereocenters. The Morgan fingerprint density at radius 2 is 1.77 bits per heavy atom. The number of nitrogens with one attached hydrogen (secondary N) is 2. The summed E-state index contributed by atoms with van der Waals surface area (Å²) in [5.74, 6) is 1.49. The Labute approximate surface area is 200 Å². The van der Waals surface area contributed by atoms with Gasteiger partial charge in [0.1, 0.15) is 0 Å². The van der Waals surface area contributed by atoms with E-state index in [2.05, 4.69) is 56.7 Å². The van der Waals surface area contributed by atoms with E-state index in [0.29, 0.717) is 18.0 Å². The minimum atomic E-state index is -0.00435. The number of ether oxygens (including phenoxy) is 2. The molecule has 3 aromatic rings. The number of hydrogen-bond acceptors (Lipinski definition) is 4. The van der Waals surface area contributed by atoms with Crippen molar-refractivity contribution in [3.63, 3.8) is 0 Å². The van der Waals surface area contributed by atoms with E-state index in [0.717, 1.165) is 37.6 Å². The van der Waals surface area contributed by atoms with Gasteiger partial charge in [-0.1, -0.05) is 18.2 Å². The van der Waals surface area contributed by atoms with Crippen molar-refractivity contribution in [2.24, 2.45) is 4.99 Å². The lowest BCUT2D eigenvalue weighted by Crippen LogP contribution is -2.38. The first-order chi connectivity index (χ1) is 14.7. The van der Waals surface area contributed by atoms with Gasteiger partial charge in [0.25, 0.3) is 0 Å². The average Bonchev–Trinajstić information content (AvgIpc) is 3.18. The fourth-order valence-electron chi connectivity index (χ4n) is 3.34. The van der Waals surface area contributed by atoms with Crippen LogP contribution in [0.15, 0.2) is 53.7 Å². The van der Waals surface area contributed by atoms with Crippen LogP contribution in [0.3, 0.4) is 0 Å². The zero-order chi connectivity index (χ0) is 21.3. The first-order valence-corrected chi connectivity index (χ1v) is 10.2. The first-order valence-electron chi connectivity index (χ1n) is 10.2. The Morgan fingerprint density at radius 3 is 2.45 bits per heavy atom. The topological polar surface area (TPSA) is 80.0 Å². The average molecular weight is 538 g/mol. The highest BCUT2D eigenvalue weighted by Crippen LogP contribution is 2.37. The summed E-state index contributed by atoms with van der Waals surface area (Å²) in [7, 11) is 3.03. The van der Waals surface area contributed by atoms with Gasteiger partial charge in [-0.25, -0.2) is 4.99 Å². The van der Waals surface area contributed by atoms with Gasteiger partial charge in [0.15, 0.2) is 17.5 Å². The fraction of sp³-hybridized carbons (Fsp3) is 0.348. The Kier molecular flexibility index (Phi) is 9.77. The maximum atomic E-state index is 10.1. The number of methoxy groups -OCH3 is 2. The zero-order valence-electron chi connectivity index (χ0n) is 18.2. The van der Waals surface area contributed by atoms with Gasteiger partial charge in [-0.3, -0.25) is 0 Å². The maximum absolute atomic E-state index is 10.1. The van der Waals surface area contributed by atoms with E-state index < -0.39 is 0 Å². The van der Waals surface area contributed by atoms with Gasteiger partial charge in [0, 0.05) is 31.3 Å². The number of fused-ring (bicyclic) bond motifs is 1. The molecule has 0 aliphatic rings. The van der Waals surface area contributed by atoms with E-state index in [1.165, 1.54) is 25.1 Å². The number of aliphatic imine (C=N–C) groups is 1. The molecule has 0 aliphatic heterocycles. The normalized spacial score (nSPS) is 11.1. The molecule has 0 aliphatic carbocycles. The second kappa shape index (κ2) is 12.3. The van der Waals surface area contributed by atoms with Crippen molar-refractivity contribution in [2.45, 2.75) is 26.4 Å². The van der Waals surface area contributed by atoms with Crippen molar-refractivity contribution in [1.29, 1.82) is 0 Å². The number of halogens is 1. The summed E-state index contributed by atoms with van der Waals surface area (Å²) >= 11 is 0. The van der Waals surface area contributed by atoms with E-state index in [1.807, 2.05) is 6.92 Å². The lowest BCUT2D eigenvalue weighted by Gasteiger charge is -2.13. The molecule has 0 amide bonds. The lowest BCUT2D eigenvalue weighted by molar-refractivity contribution is 0.339. The molecule has 0 fully saturated rings. The minimum absolute atomic E-state index is 0.